The van der Waals surface area contributed by atoms with Crippen LogP contribution in [0.25, 0.3) is 0 Å². The predicted octanol–water partition coefficient (Wildman–Crippen LogP) is 4.11. The van der Waals surface area contributed by atoms with Gasteiger partial charge in [0, 0.05) is 10.6 Å². The van der Waals surface area contributed by atoms with Crippen LogP contribution in [0, 0.1) is 10.7 Å². The van der Waals surface area contributed by atoms with E-state index in [1.807, 2.05) is 0 Å². The molecule has 0 radical (unpaired) electrons. The van der Waals surface area contributed by atoms with Gasteiger partial charge in [0.15, 0.2) is 9.92 Å². The summed E-state index contributed by atoms with van der Waals surface area (Å²) in [6.45, 7) is 2.56. The number of aliphatic hydroxyl groups is 1. The number of ether oxygens (including phenoxy) is 1. The number of rotatable bonds is 6. The molecule has 166 valence electrons. The third kappa shape index (κ3) is 3.88. The molecule has 0 bridgehead atoms. The summed E-state index contributed by atoms with van der Waals surface area (Å²) < 4.78 is 28.9. The van der Waals surface area contributed by atoms with Gasteiger partial charge >= 0.3 is 6.03 Å². The van der Waals surface area contributed by atoms with Gasteiger partial charge in [-0.25, -0.2) is 18.5 Å². The average molecular weight is 462 g/mol. The van der Waals surface area contributed by atoms with E-state index in [0.29, 0.717) is 16.7 Å². The lowest BCUT2D eigenvalue weighted by Gasteiger charge is -2.35. The Morgan fingerprint density at radius 1 is 1.29 bits per heavy atom. The number of amides is 2. The molecule has 2 aromatic rings. The van der Waals surface area contributed by atoms with Crippen LogP contribution >= 0.6 is 11.3 Å². The number of benzene rings is 1. The van der Waals surface area contributed by atoms with Gasteiger partial charge in [0.1, 0.15) is 9.81 Å². The fraction of sp³-hybridized carbons (Fsp3) is 0.500. The molecule has 1 unspecified atom stereocenters. The summed E-state index contributed by atoms with van der Waals surface area (Å²) in [4.78, 5) is 13.4. The number of carbonyl (C=O) groups is 1. The van der Waals surface area contributed by atoms with Crippen molar-refractivity contribution in [3.05, 3.63) is 45.8 Å². The monoisotopic (exact) mass is 461 g/mol. The van der Waals surface area contributed by atoms with Crippen LogP contribution in [0.4, 0.5) is 10.5 Å². The van der Waals surface area contributed by atoms with E-state index >= 15 is 0 Å². The maximum Gasteiger partial charge on any atom is 0.331 e. The largest absolute Gasteiger partial charge is 0.379 e. The number of fused-ring (bicyclic) bond motifs is 1. The number of thiophene rings is 1. The molecule has 2 heterocycles. The average Bonchev–Trinajstić information content (AvgIpc) is 3.22. The van der Waals surface area contributed by atoms with E-state index in [2.05, 4.69) is 29.1 Å². The van der Waals surface area contributed by atoms with Gasteiger partial charge in [-0.2, -0.15) is 0 Å². The first-order valence-electron chi connectivity index (χ1n) is 10.7. The van der Waals surface area contributed by atoms with Crippen molar-refractivity contribution >= 4 is 33.0 Å². The van der Waals surface area contributed by atoms with E-state index in [9.17, 15) is 14.1 Å². The Bertz CT molecular complexity index is 1130. The highest BCUT2D eigenvalue weighted by atomic mass is 32.2. The van der Waals surface area contributed by atoms with Crippen molar-refractivity contribution in [2.24, 2.45) is 5.92 Å². The zero-order valence-corrected chi connectivity index (χ0v) is 19.0. The summed E-state index contributed by atoms with van der Waals surface area (Å²) in [5.41, 5.74) is 3.30. The van der Waals surface area contributed by atoms with E-state index in [-0.39, 0.29) is 17.4 Å². The Kier molecular flexibility index (Phi) is 5.12. The molecule has 7 nitrogen and oxygen atoms in total. The number of carbonyl (C=O) groups excluding carboxylic acids is 1. The lowest BCUT2D eigenvalue weighted by atomic mass is 9.91. The van der Waals surface area contributed by atoms with E-state index in [0.717, 1.165) is 41.9 Å². The molecule has 2 amide bonds. The van der Waals surface area contributed by atoms with Crippen LogP contribution in [0.2, 0.25) is 0 Å². The molecule has 4 N–H and O–H groups in total. The molecule has 9 heteroatoms. The summed E-state index contributed by atoms with van der Waals surface area (Å²) in [5, 5.41) is 13.3. The van der Waals surface area contributed by atoms with Gasteiger partial charge in [-0.1, -0.05) is 19.1 Å². The van der Waals surface area contributed by atoms with Crippen LogP contribution in [0.1, 0.15) is 53.7 Å². The number of hydrogen-bond acceptors (Lipinski definition) is 6. The summed E-state index contributed by atoms with van der Waals surface area (Å²) >= 11 is 1.08. The number of anilines is 1. The molecule has 31 heavy (non-hydrogen) atoms. The van der Waals surface area contributed by atoms with E-state index in [1.54, 1.807) is 6.07 Å². The molecule has 1 saturated heterocycles. The van der Waals surface area contributed by atoms with Crippen LogP contribution < -0.4 is 10.0 Å². The molecule has 5 rings (SSSR count). The molecule has 1 aromatic carbocycles. The third-order valence-electron chi connectivity index (χ3n) is 6.61. The normalized spacial score (nSPS) is 22.1. The van der Waals surface area contributed by atoms with Gasteiger partial charge in [0.2, 0.25) is 0 Å². The minimum absolute atomic E-state index is 0.182. The molecule has 1 aliphatic heterocycles. The van der Waals surface area contributed by atoms with Crippen molar-refractivity contribution in [1.82, 2.24) is 4.72 Å². The smallest absolute Gasteiger partial charge is 0.331 e. The van der Waals surface area contributed by atoms with Gasteiger partial charge in [-0.3, -0.25) is 0 Å². The van der Waals surface area contributed by atoms with Crippen molar-refractivity contribution in [3.63, 3.8) is 0 Å². The molecule has 2 aliphatic carbocycles. The Balaban J connectivity index is 1.36. The fourth-order valence-corrected chi connectivity index (χ4v) is 6.88. The second-order valence-electron chi connectivity index (χ2n) is 8.90. The van der Waals surface area contributed by atoms with Gasteiger partial charge in [-0.05, 0) is 72.8 Å². The minimum Gasteiger partial charge on any atom is -0.379 e. The summed E-state index contributed by atoms with van der Waals surface area (Å²) in [7, 11) is -3.55. The zero-order chi connectivity index (χ0) is 21.8. The molecule has 1 aromatic heterocycles. The number of aryl methyl sites for hydroxylation is 1. The molecular formula is C22H27N3O4S2. The molecule has 2 fully saturated rings. The van der Waals surface area contributed by atoms with Crippen molar-refractivity contribution in [3.8, 4) is 0 Å². The second kappa shape index (κ2) is 7.58. The Labute approximate surface area is 186 Å². The van der Waals surface area contributed by atoms with Crippen LogP contribution in [0.15, 0.2) is 28.5 Å². The molecule has 0 spiro atoms. The molecular weight excluding hydrogens is 434 g/mol. The number of nitrogens with one attached hydrogen (secondary N) is 3. The molecule has 2 atom stereocenters. The lowest BCUT2D eigenvalue weighted by molar-refractivity contribution is -0.182. The topological polar surface area (TPSA) is 112 Å². The van der Waals surface area contributed by atoms with Crippen molar-refractivity contribution in [2.75, 3.05) is 18.5 Å². The zero-order valence-electron chi connectivity index (χ0n) is 17.4. The van der Waals surface area contributed by atoms with E-state index in [4.69, 9.17) is 9.52 Å². The molecule has 3 aliphatic rings. The standard InChI is InChI=1S/C22H27N3O4S2/c1-13(14-5-6-14)16-8-7-15-3-2-4-17(15)20(16)24-21(26)25-31(23,28)19-10-9-18(30-19)22(27)11-29-12-22/h7-10,13-14,27H,2-6,11-12H2,1H3,(H3,23,24,25,26,28)/t13-,31?/m1/s1. The summed E-state index contributed by atoms with van der Waals surface area (Å²) in [6, 6.07) is 6.84. The van der Waals surface area contributed by atoms with Crippen molar-refractivity contribution in [1.29, 1.82) is 4.78 Å². The Morgan fingerprint density at radius 2 is 2.06 bits per heavy atom. The van der Waals surface area contributed by atoms with Crippen LogP contribution in [0.5, 0.6) is 0 Å². The first kappa shape index (κ1) is 20.9. The summed E-state index contributed by atoms with van der Waals surface area (Å²) in [5.74, 6) is 1.00. The van der Waals surface area contributed by atoms with E-state index in [1.165, 1.54) is 30.0 Å². The van der Waals surface area contributed by atoms with E-state index < -0.39 is 21.5 Å². The minimum atomic E-state index is -3.55. The maximum absolute atomic E-state index is 13.0. The first-order valence-corrected chi connectivity index (χ1v) is 13.1. The van der Waals surface area contributed by atoms with Gasteiger partial charge in [-0.15, -0.1) is 11.3 Å². The van der Waals surface area contributed by atoms with Crippen molar-refractivity contribution in [2.45, 2.75) is 54.8 Å². The highest BCUT2D eigenvalue weighted by Crippen LogP contribution is 2.46. The quantitative estimate of drug-likeness (QED) is 0.519. The Morgan fingerprint density at radius 3 is 2.74 bits per heavy atom. The molecule has 1 saturated carbocycles. The highest BCUT2D eigenvalue weighted by Gasteiger charge is 2.40. The number of urea groups is 1. The third-order valence-corrected chi connectivity index (χ3v) is 9.82. The van der Waals surface area contributed by atoms with Crippen molar-refractivity contribution < 1.29 is 18.8 Å². The van der Waals surface area contributed by atoms with Crippen LogP contribution in [-0.2, 0) is 33.1 Å². The van der Waals surface area contributed by atoms with Gasteiger partial charge < -0.3 is 15.2 Å². The SMILES string of the molecule is C[C@@H](c1ccc2c(c1NC(=O)NS(=N)(=O)c1ccc(C3(O)COC3)s1)CCC2)C1CC1. The second-order valence-corrected chi connectivity index (χ2v) is 12.0. The predicted molar refractivity (Wildman–Crippen MR) is 120 cm³/mol. The maximum atomic E-state index is 13.0. The Hall–Kier alpha value is -1.94. The van der Waals surface area contributed by atoms with Gasteiger partial charge in [0.25, 0.3) is 0 Å². The highest BCUT2D eigenvalue weighted by molar-refractivity contribution is 7.93. The van der Waals surface area contributed by atoms with Crippen LogP contribution in [-0.4, -0.2) is 28.6 Å². The summed E-state index contributed by atoms with van der Waals surface area (Å²) in [6.07, 6.45) is 5.41. The lowest BCUT2D eigenvalue weighted by Crippen LogP contribution is -2.45. The van der Waals surface area contributed by atoms with Gasteiger partial charge in [0.05, 0.1) is 13.2 Å². The fourth-order valence-electron chi connectivity index (χ4n) is 4.54. The number of hydrogen-bond donors (Lipinski definition) is 4. The van der Waals surface area contributed by atoms with Crippen LogP contribution in [0.3, 0.4) is 0 Å². The first-order chi connectivity index (χ1) is 14.8.